The van der Waals surface area contributed by atoms with Crippen LogP contribution in [-0.2, 0) is 4.79 Å². The zero-order valence-corrected chi connectivity index (χ0v) is 16.7. The van der Waals surface area contributed by atoms with Gasteiger partial charge in [0, 0.05) is 31.9 Å². The third-order valence-corrected chi connectivity index (χ3v) is 4.57. The van der Waals surface area contributed by atoms with Crippen LogP contribution < -0.4 is 10.6 Å². The molecule has 2 unspecified atom stereocenters. The Morgan fingerprint density at radius 3 is 2.62 bits per heavy atom. The molecular weight excluding hydrogens is 399 g/mol. The van der Waals surface area contributed by atoms with Crippen LogP contribution in [0.3, 0.4) is 0 Å². The van der Waals surface area contributed by atoms with Crippen molar-refractivity contribution in [1.82, 2.24) is 15.5 Å². The van der Waals surface area contributed by atoms with E-state index >= 15 is 0 Å². The lowest BCUT2D eigenvalue weighted by Crippen LogP contribution is -2.43. The Morgan fingerprint density at radius 1 is 1.38 bits per heavy atom. The molecule has 1 fully saturated rings. The highest BCUT2D eigenvalue weighted by atomic mass is 127. The van der Waals surface area contributed by atoms with E-state index in [9.17, 15) is 4.79 Å². The maximum atomic E-state index is 11.6. The number of thioether (sulfide) groups is 1. The molecule has 2 atom stereocenters. The Morgan fingerprint density at radius 2 is 2.10 bits per heavy atom. The van der Waals surface area contributed by atoms with E-state index in [0.717, 1.165) is 24.2 Å². The third kappa shape index (κ3) is 8.13. The van der Waals surface area contributed by atoms with Crippen LogP contribution in [0.15, 0.2) is 4.99 Å². The van der Waals surface area contributed by atoms with Gasteiger partial charge in [0.15, 0.2) is 5.96 Å². The molecule has 0 aliphatic heterocycles. The molecule has 21 heavy (non-hydrogen) atoms. The second kappa shape index (κ2) is 11.4. The van der Waals surface area contributed by atoms with Crippen molar-refractivity contribution in [2.24, 2.45) is 4.99 Å². The van der Waals surface area contributed by atoms with Crippen molar-refractivity contribution >= 4 is 47.6 Å². The molecule has 5 nitrogen and oxygen atoms in total. The molecule has 1 rings (SSSR count). The number of hydrogen-bond donors (Lipinski definition) is 2. The molecule has 0 saturated heterocycles. The van der Waals surface area contributed by atoms with E-state index in [0.29, 0.717) is 6.04 Å². The largest absolute Gasteiger partial charge is 0.356 e. The van der Waals surface area contributed by atoms with Crippen molar-refractivity contribution < 1.29 is 4.79 Å². The minimum absolute atomic E-state index is 0. The van der Waals surface area contributed by atoms with E-state index in [2.05, 4.69) is 28.8 Å². The highest BCUT2D eigenvalue weighted by Crippen LogP contribution is 2.27. The van der Waals surface area contributed by atoms with E-state index in [4.69, 9.17) is 0 Å². The molecule has 2 N–H and O–H groups in total. The van der Waals surface area contributed by atoms with E-state index in [1.165, 1.54) is 19.3 Å². The van der Waals surface area contributed by atoms with Gasteiger partial charge < -0.3 is 15.5 Å². The van der Waals surface area contributed by atoms with Gasteiger partial charge in [0.1, 0.15) is 6.54 Å². The number of amides is 1. The lowest BCUT2D eigenvalue weighted by Gasteiger charge is -2.18. The van der Waals surface area contributed by atoms with Crippen molar-refractivity contribution in [1.29, 1.82) is 0 Å². The summed E-state index contributed by atoms with van der Waals surface area (Å²) in [6.45, 7) is 3.19. The predicted molar refractivity (Wildman–Crippen MR) is 103 cm³/mol. The Bertz CT molecular complexity index is 339. The SMILES string of the molecule is CCCNC(=NCC(=O)N(C)C)NC1CCC(SC)C1.I. The highest BCUT2D eigenvalue weighted by Gasteiger charge is 2.24. The van der Waals surface area contributed by atoms with Crippen LogP contribution in [0, 0.1) is 0 Å². The average Bonchev–Trinajstić information content (AvgIpc) is 2.88. The normalized spacial score (nSPS) is 21.6. The van der Waals surface area contributed by atoms with Crippen LogP contribution in [-0.4, -0.2) is 61.5 Å². The second-order valence-corrected chi connectivity index (χ2v) is 6.53. The summed E-state index contributed by atoms with van der Waals surface area (Å²) in [7, 11) is 3.51. The molecule has 124 valence electrons. The van der Waals surface area contributed by atoms with Gasteiger partial charge in [0.25, 0.3) is 0 Å². The molecule has 0 aromatic carbocycles. The number of aliphatic imine (C=N–C) groups is 1. The van der Waals surface area contributed by atoms with E-state index in [1.54, 1.807) is 19.0 Å². The molecule has 0 heterocycles. The van der Waals surface area contributed by atoms with Crippen LogP contribution in [0.25, 0.3) is 0 Å². The van der Waals surface area contributed by atoms with Gasteiger partial charge in [-0.3, -0.25) is 4.79 Å². The van der Waals surface area contributed by atoms with Crippen LogP contribution in [0.5, 0.6) is 0 Å². The number of nitrogens with zero attached hydrogens (tertiary/aromatic N) is 2. The highest BCUT2D eigenvalue weighted by molar-refractivity contribution is 14.0. The average molecular weight is 428 g/mol. The fourth-order valence-corrected chi connectivity index (χ4v) is 2.96. The van der Waals surface area contributed by atoms with Crippen LogP contribution >= 0.6 is 35.7 Å². The monoisotopic (exact) mass is 428 g/mol. The molecule has 0 spiro atoms. The molecule has 1 aliphatic carbocycles. The third-order valence-electron chi connectivity index (χ3n) is 3.47. The number of rotatable bonds is 6. The summed E-state index contributed by atoms with van der Waals surface area (Å²) in [6.07, 6.45) is 6.83. The molecule has 7 heteroatoms. The molecule has 1 aliphatic rings. The standard InChI is InChI=1S/C14H28N4OS.HI/c1-5-8-15-14(16-10-13(19)18(2)3)17-11-6-7-12(9-11)20-4;/h11-12H,5-10H2,1-4H3,(H2,15,16,17);1H. The van der Waals surface area contributed by atoms with Crippen molar-refractivity contribution in [3.63, 3.8) is 0 Å². The van der Waals surface area contributed by atoms with E-state index in [1.807, 2.05) is 11.8 Å². The van der Waals surface area contributed by atoms with E-state index in [-0.39, 0.29) is 36.4 Å². The summed E-state index contributed by atoms with van der Waals surface area (Å²) in [6, 6.07) is 0.477. The van der Waals surface area contributed by atoms with Gasteiger partial charge in [0.05, 0.1) is 0 Å². The van der Waals surface area contributed by atoms with Gasteiger partial charge >= 0.3 is 0 Å². The Balaban J connectivity index is 0.00000400. The maximum absolute atomic E-state index is 11.6. The van der Waals surface area contributed by atoms with Gasteiger partial charge in [-0.05, 0) is 31.9 Å². The second-order valence-electron chi connectivity index (χ2n) is 5.39. The topological polar surface area (TPSA) is 56.7 Å². The number of likely N-dealkylation sites (N-methyl/N-ethyl adjacent to an activating group) is 1. The molecular formula is C14H29IN4OS. The first-order chi connectivity index (χ1) is 9.56. The number of carbonyl (C=O) groups excluding carboxylic acids is 1. The Hall–Kier alpha value is -0.180. The van der Waals surface area contributed by atoms with Gasteiger partial charge in [0.2, 0.25) is 5.91 Å². The summed E-state index contributed by atoms with van der Waals surface area (Å²) in [5.74, 6) is 0.796. The van der Waals surface area contributed by atoms with Crippen LogP contribution in [0.1, 0.15) is 32.6 Å². The number of hydrogen-bond acceptors (Lipinski definition) is 3. The fourth-order valence-electron chi connectivity index (χ4n) is 2.16. The van der Waals surface area contributed by atoms with Gasteiger partial charge in [-0.2, -0.15) is 11.8 Å². The van der Waals surface area contributed by atoms with Crippen molar-refractivity contribution in [3.8, 4) is 0 Å². The quantitative estimate of drug-likeness (QED) is 0.386. The first-order valence-electron chi connectivity index (χ1n) is 7.34. The number of carbonyl (C=O) groups is 1. The van der Waals surface area contributed by atoms with Crippen molar-refractivity contribution in [2.75, 3.05) is 33.4 Å². The minimum atomic E-state index is 0. The maximum Gasteiger partial charge on any atom is 0.243 e. The zero-order valence-electron chi connectivity index (χ0n) is 13.5. The first kappa shape index (κ1) is 20.8. The van der Waals surface area contributed by atoms with Crippen molar-refractivity contribution in [3.05, 3.63) is 0 Å². The minimum Gasteiger partial charge on any atom is -0.356 e. The first-order valence-corrected chi connectivity index (χ1v) is 8.63. The fraction of sp³-hybridized carbons (Fsp3) is 0.857. The Kier molecular flexibility index (Phi) is 11.3. The van der Waals surface area contributed by atoms with Crippen LogP contribution in [0.2, 0.25) is 0 Å². The number of guanidine groups is 1. The summed E-state index contributed by atoms with van der Waals surface area (Å²) >= 11 is 1.94. The summed E-state index contributed by atoms with van der Waals surface area (Å²) in [4.78, 5) is 17.6. The summed E-state index contributed by atoms with van der Waals surface area (Å²) in [5.41, 5.74) is 0. The lowest BCUT2D eigenvalue weighted by atomic mass is 10.2. The molecule has 1 saturated carbocycles. The summed E-state index contributed by atoms with van der Waals surface area (Å²) < 4.78 is 0. The molecule has 0 radical (unpaired) electrons. The van der Waals surface area contributed by atoms with Gasteiger partial charge in [-0.25, -0.2) is 4.99 Å². The molecule has 0 bridgehead atoms. The smallest absolute Gasteiger partial charge is 0.243 e. The van der Waals surface area contributed by atoms with Gasteiger partial charge in [-0.15, -0.1) is 24.0 Å². The molecule has 1 amide bonds. The molecule has 0 aromatic rings. The predicted octanol–water partition coefficient (Wildman–Crippen LogP) is 1.92. The Labute approximate surface area is 150 Å². The van der Waals surface area contributed by atoms with Crippen molar-refractivity contribution in [2.45, 2.75) is 43.9 Å². The number of nitrogens with one attached hydrogen (secondary N) is 2. The lowest BCUT2D eigenvalue weighted by molar-refractivity contribution is -0.127. The van der Waals surface area contributed by atoms with E-state index < -0.39 is 0 Å². The van der Waals surface area contributed by atoms with Crippen LogP contribution in [0.4, 0.5) is 0 Å². The zero-order chi connectivity index (χ0) is 15.0. The summed E-state index contributed by atoms with van der Waals surface area (Å²) in [5, 5.41) is 7.50. The van der Waals surface area contributed by atoms with Gasteiger partial charge in [-0.1, -0.05) is 6.92 Å². The molecule has 0 aromatic heterocycles. The number of halogens is 1.